The van der Waals surface area contributed by atoms with Gasteiger partial charge in [0.2, 0.25) is 17.6 Å². The minimum absolute atomic E-state index is 0.0341. The number of hydrogen-bond donors (Lipinski definition) is 1. The lowest BCUT2D eigenvalue weighted by Gasteiger charge is -2.55. The van der Waals surface area contributed by atoms with E-state index in [0.717, 1.165) is 24.3 Å². The van der Waals surface area contributed by atoms with Gasteiger partial charge in [-0.05, 0) is 42.3 Å². The molecular weight excluding hydrogens is 502 g/mol. The zero-order valence-electron chi connectivity index (χ0n) is 23.4. The van der Waals surface area contributed by atoms with Crippen molar-refractivity contribution >= 4 is 11.6 Å². The van der Waals surface area contributed by atoms with Gasteiger partial charge in [0.25, 0.3) is 0 Å². The van der Waals surface area contributed by atoms with Crippen molar-refractivity contribution < 1.29 is 14.4 Å². The lowest BCUT2D eigenvalue weighted by atomic mass is 9.62. The number of likely N-dealkylation sites (tertiary alicyclic amines) is 1. The Hall–Kier alpha value is -3.88. The molecular formula is C32H35N5O3. The number of amides is 1. The minimum Gasteiger partial charge on any atom is -0.380 e. The molecule has 2 saturated heterocycles. The predicted octanol–water partition coefficient (Wildman–Crippen LogP) is 4.96. The average molecular weight is 538 g/mol. The van der Waals surface area contributed by atoms with Gasteiger partial charge < -0.3 is 19.4 Å². The molecule has 0 bridgehead atoms. The van der Waals surface area contributed by atoms with Gasteiger partial charge in [-0.2, -0.15) is 4.98 Å². The molecule has 0 spiro atoms. The molecule has 1 unspecified atom stereocenters. The number of anilines is 1. The van der Waals surface area contributed by atoms with Gasteiger partial charge in [0.15, 0.2) is 0 Å². The topological polar surface area (TPSA) is 95.6 Å². The molecule has 4 aromatic rings. The number of para-hydroxylation sites is 1. The highest BCUT2D eigenvalue weighted by molar-refractivity contribution is 5.96. The van der Waals surface area contributed by atoms with E-state index in [4.69, 9.17) is 4.52 Å². The molecule has 2 aromatic heterocycles. The summed E-state index contributed by atoms with van der Waals surface area (Å²) in [5.74, 6) is 1.07. The summed E-state index contributed by atoms with van der Waals surface area (Å²) < 4.78 is 5.66. The van der Waals surface area contributed by atoms with E-state index >= 15 is 0 Å². The second-order valence-corrected chi connectivity index (χ2v) is 11.9. The SMILES string of the molecule is CC(C)c1ccc([C@](O)(c2cncc(-c3noc(C4CC(=O)N(c5ccccc5)C4)n3)c2)C2(C)CN(C)C2)cc1. The van der Waals surface area contributed by atoms with Crippen LogP contribution in [-0.2, 0) is 10.4 Å². The number of carbonyl (C=O) groups is 1. The molecule has 2 aliphatic heterocycles. The first-order chi connectivity index (χ1) is 19.2. The minimum atomic E-state index is -1.27. The Balaban J connectivity index is 1.31. The van der Waals surface area contributed by atoms with E-state index in [-0.39, 0.29) is 11.8 Å². The van der Waals surface area contributed by atoms with Crippen LogP contribution >= 0.6 is 0 Å². The summed E-state index contributed by atoms with van der Waals surface area (Å²) in [7, 11) is 2.06. The molecule has 2 fully saturated rings. The normalized spacial score (nSPS) is 20.5. The Morgan fingerprint density at radius 1 is 1.05 bits per heavy atom. The van der Waals surface area contributed by atoms with Gasteiger partial charge in [0.05, 0.1) is 5.92 Å². The molecule has 8 heteroatoms. The number of rotatable bonds is 7. The zero-order valence-corrected chi connectivity index (χ0v) is 23.4. The Kier molecular flexibility index (Phi) is 6.55. The Labute approximate surface area is 234 Å². The molecule has 0 radical (unpaired) electrons. The molecule has 2 atom stereocenters. The lowest BCUT2D eigenvalue weighted by molar-refractivity contribution is -0.127. The van der Waals surface area contributed by atoms with Crippen molar-refractivity contribution in [2.24, 2.45) is 5.41 Å². The summed E-state index contributed by atoms with van der Waals surface area (Å²) in [4.78, 5) is 25.9. The molecule has 4 heterocycles. The van der Waals surface area contributed by atoms with Crippen LogP contribution in [0.4, 0.5) is 5.69 Å². The first-order valence-electron chi connectivity index (χ1n) is 13.8. The van der Waals surface area contributed by atoms with Crippen LogP contribution in [-0.4, -0.2) is 57.7 Å². The lowest BCUT2D eigenvalue weighted by Crippen LogP contribution is -2.63. The van der Waals surface area contributed by atoms with Crippen molar-refractivity contribution in [2.45, 2.75) is 44.6 Å². The number of aliphatic hydroxyl groups is 1. The largest absolute Gasteiger partial charge is 0.380 e. The predicted molar refractivity (Wildman–Crippen MR) is 153 cm³/mol. The Morgan fingerprint density at radius 3 is 2.45 bits per heavy atom. The molecule has 0 saturated carbocycles. The van der Waals surface area contributed by atoms with Crippen LogP contribution in [0.3, 0.4) is 0 Å². The van der Waals surface area contributed by atoms with E-state index in [1.165, 1.54) is 5.56 Å². The summed E-state index contributed by atoms with van der Waals surface area (Å²) in [6.45, 7) is 8.44. The maximum absolute atomic E-state index is 12.7. The van der Waals surface area contributed by atoms with Crippen molar-refractivity contribution in [1.82, 2.24) is 20.0 Å². The third-order valence-corrected chi connectivity index (χ3v) is 8.50. The number of nitrogens with zero attached hydrogens (tertiary/aromatic N) is 5. The fourth-order valence-corrected chi connectivity index (χ4v) is 6.36. The zero-order chi connectivity index (χ0) is 28.1. The first kappa shape index (κ1) is 26.3. The van der Waals surface area contributed by atoms with Gasteiger partial charge in [-0.1, -0.05) is 68.4 Å². The van der Waals surface area contributed by atoms with Crippen LogP contribution in [0.2, 0.25) is 0 Å². The van der Waals surface area contributed by atoms with Crippen LogP contribution in [0.15, 0.2) is 77.6 Å². The van der Waals surface area contributed by atoms with E-state index in [0.29, 0.717) is 41.7 Å². The molecule has 206 valence electrons. The van der Waals surface area contributed by atoms with Crippen molar-refractivity contribution in [2.75, 3.05) is 31.6 Å². The summed E-state index contributed by atoms with van der Waals surface area (Å²) in [6.07, 6.45) is 3.73. The van der Waals surface area contributed by atoms with Crippen LogP contribution in [0.1, 0.15) is 61.6 Å². The highest BCUT2D eigenvalue weighted by Crippen LogP contribution is 2.50. The monoisotopic (exact) mass is 537 g/mol. The fourth-order valence-electron chi connectivity index (χ4n) is 6.36. The van der Waals surface area contributed by atoms with Gasteiger partial charge in [0.1, 0.15) is 5.60 Å². The Bertz CT molecular complexity index is 1510. The van der Waals surface area contributed by atoms with Crippen LogP contribution in [0.5, 0.6) is 0 Å². The third kappa shape index (κ3) is 4.41. The number of carbonyl (C=O) groups excluding carboxylic acids is 1. The number of hydrogen-bond acceptors (Lipinski definition) is 7. The van der Waals surface area contributed by atoms with Crippen LogP contribution in [0, 0.1) is 5.41 Å². The van der Waals surface area contributed by atoms with Crippen molar-refractivity contribution in [3.63, 3.8) is 0 Å². The first-order valence-corrected chi connectivity index (χ1v) is 13.8. The molecule has 1 N–H and O–H groups in total. The van der Waals surface area contributed by atoms with Gasteiger partial charge in [-0.3, -0.25) is 9.78 Å². The summed E-state index contributed by atoms with van der Waals surface area (Å²) >= 11 is 0. The number of pyridine rings is 1. The Morgan fingerprint density at radius 2 is 1.77 bits per heavy atom. The molecule has 6 rings (SSSR count). The smallest absolute Gasteiger partial charge is 0.232 e. The maximum Gasteiger partial charge on any atom is 0.232 e. The second kappa shape index (κ2) is 9.94. The van der Waals surface area contributed by atoms with Gasteiger partial charge in [-0.25, -0.2) is 0 Å². The van der Waals surface area contributed by atoms with Gasteiger partial charge in [0, 0.05) is 60.7 Å². The van der Waals surface area contributed by atoms with Crippen molar-refractivity contribution in [1.29, 1.82) is 0 Å². The molecule has 0 aliphatic carbocycles. The van der Waals surface area contributed by atoms with E-state index < -0.39 is 11.0 Å². The summed E-state index contributed by atoms with van der Waals surface area (Å²) in [6, 6.07) is 19.8. The molecule has 40 heavy (non-hydrogen) atoms. The highest BCUT2D eigenvalue weighted by Gasteiger charge is 2.55. The van der Waals surface area contributed by atoms with Crippen molar-refractivity contribution in [3.8, 4) is 11.4 Å². The number of benzene rings is 2. The standard InChI is InChI=1S/C32H35N5O3/c1-21(2)22-10-12-25(13-11-22)32(39,31(3)19-36(4)20-31)26-14-23(16-33-17-26)29-34-30(40-35-29)24-15-28(38)37(18-24)27-8-6-5-7-9-27/h5-14,16-17,21,24,39H,15,18-20H2,1-4H3/t24?,32-/m0/s1. The molecule has 2 aromatic carbocycles. The highest BCUT2D eigenvalue weighted by atomic mass is 16.5. The van der Waals surface area contributed by atoms with Crippen LogP contribution < -0.4 is 4.90 Å². The summed E-state index contributed by atoms with van der Waals surface area (Å²) in [5, 5.41) is 16.8. The van der Waals surface area contributed by atoms with E-state index in [9.17, 15) is 9.90 Å². The average Bonchev–Trinajstić information content (AvgIpc) is 3.59. The summed E-state index contributed by atoms with van der Waals surface area (Å²) in [5.41, 5.74) is 2.60. The van der Waals surface area contributed by atoms with Gasteiger partial charge >= 0.3 is 0 Å². The fraction of sp³-hybridized carbons (Fsp3) is 0.375. The van der Waals surface area contributed by atoms with E-state index in [1.807, 2.05) is 48.5 Å². The number of aromatic nitrogens is 3. The van der Waals surface area contributed by atoms with Crippen LogP contribution in [0.25, 0.3) is 11.4 Å². The quantitative estimate of drug-likeness (QED) is 0.356. The molecule has 8 nitrogen and oxygen atoms in total. The second-order valence-electron chi connectivity index (χ2n) is 11.9. The van der Waals surface area contributed by atoms with E-state index in [2.05, 4.69) is 60.0 Å². The molecule has 2 aliphatic rings. The van der Waals surface area contributed by atoms with E-state index in [1.54, 1.807) is 17.3 Å². The molecule has 1 amide bonds. The maximum atomic E-state index is 12.7. The third-order valence-electron chi connectivity index (χ3n) is 8.50. The van der Waals surface area contributed by atoms with Gasteiger partial charge in [-0.15, -0.1) is 0 Å². The van der Waals surface area contributed by atoms with Crippen molar-refractivity contribution in [3.05, 3.63) is 95.6 Å².